The smallest absolute Gasteiger partial charge is 0.266 e. The molecule has 15 heavy (non-hydrogen) atoms. The van der Waals surface area contributed by atoms with Crippen molar-refractivity contribution >= 4 is 0 Å². The van der Waals surface area contributed by atoms with E-state index in [0.717, 1.165) is 30.5 Å². The lowest BCUT2D eigenvalue weighted by Crippen LogP contribution is -2.21. The summed E-state index contributed by atoms with van der Waals surface area (Å²) in [6.07, 6.45) is 4.25. The Bertz CT molecular complexity index is 467. The molecule has 0 aliphatic heterocycles. The van der Waals surface area contributed by atoms with Crippen LogP contribution in [-0.2, 0) is 12.8 Å². The number of aromatic nitrogens is 1. The van der Waals surface area contributed by atoms with Crippen molar-refractivity contribution in [1.29, 1.82) is 5.26 Å². The van der Waals surface area contributed by atoms with Gasteiger partial charge in [0, 0.05) is 5.69 Å². The topological polar surface area (TPSA) is 56.6 Å². The number of nitriles is 1. The molecule has 3 nitrogen and oxygen atoms in total. The van der Waals surface area contributed by atoms with Crippen molar-refractivity contribution in [3.8, 4) is 6.07 Å². The molecule has 1 aromatic heterocycles. The van der Waals surface area contributed by atoms with Crippen LogP contribution >= 0.6 is 0 Å². The van der Waals surface area contributed by atoms with Gasteiger partial charge in [0.05, 0.1) is 0 Å². The minimum Gasteiger partial charge on any atom is -0.325 e. The second kappa shape index (κ2) is 3.90. The fourth-order valence-corrected chi connectivity index (χ4v) is 2.21. The van der Waals surface area contributed by atoms with Crippen molar-refractivity contribution < 1.29 is 0 Å². The van der Waals surface area contributed by atoms with E-state index in [1.807, 2.05) is 6.07 Å². The first-order chi connectivity index (χ1) is 7.24. The van der Waals surface area contributed by atoms with Crippen LogP contribution in [0.3, 0.4) is 0 Å². The quantitative estimate of drug-likeness (QED) is 0.754. The molecule has 0 aromatic carbocycles. The van der Waals surface area contributed by atoms with Crippen LogP contribution in [0.5, 0.6) is 0 Å². The largest absolute Gasteiger partial charge is 0.325 e. The van der Waals surface area contributed by atoms with Crippen LogP contribution in [0.15, 0.2) is 10.9 Å². The Balaban J connectivity index is 2.43. The summed E-state index contributed by atoms with van der Waals surface area (Å²) in [7, 11) is 0. The second-order valence-electron chi connectivity index (χ2n) is 4.14. The molecule has 1 unspecified atom stereocenters. The molecular formula is C12H14N2O. The zero-order chi connectivity index (χ0) is 10.8. The molecule has 0 amide bonds. The minimum atomic E-state index is -0.244. The van der Waals surface area contributed by atoms with Gasteiger partial charge < -0.3 is 4.98 Å². The Morgan fingerprint density at radius 3 is 3.13 bits per heavy atom. The molecule has 0 spiro atoms. The average molecular weight is 202 g/mol. The predicted molar refractivity (Wildman–Crippen MR) is 57.6 cm³/mol. The standard InChI is InChI=1S/C12H14N2O/c1-2-8-3-4-11-9(5-8)6-10(7-13)12(15)14-11/h6,8H,2-5H2,1H3,(H,14,15). The SMILES string of the molecule is CCC1CCc2[nH]c(=O)c(C#N)cc2C1. The number of hydrogen-bond acceptors (Lipinski definition) is 2. The normalized spacial score (nSPS) is 19.3. The molecule has 3 heteroatoms. The monoisotopic (exact) mass is 202 g/mol. The highest BCUT2D eigenvalue weighted by atomic mass is 16.1. The van der Waals surface area contributed by atoms with Gasteiger partial charge in [0.2, 0.25) is 0 Å². The summed E-state index contributed by atoms with van der Waals surface area (Å²) in [5, 5.41) is 8.77. The molecule has 0 fully saturated rings. The van der Waals surface area contributed by atoms with Crippen LogP contribution < -0.4 is 5.56 Å². The first-order valence-electron chi connectivity index (χ1n) is 5.39. The summed E-state index contributed by atoms with van der Waals surface area (Å²) in [6.45, 7) is 2.19. The Kier molecular flexibility index (Phi) is 2.59. The summed E-state index contributed by atoms with van der Waals surface area (Å²) in [4.78, 5) is 14.2. The summed E-state index contributed by atoms with van der Waals surface area (Å²) in [5.41, 5.74) is 2.18. The fourth-order valence-electron chi connectivity index (χ4n) is 2.21. The highest BCUT2D eigenvalue weighted by Gasteiger charge is 2.18. The second-order valence-corrected chi connectivity index (χ2v) is 4.14. The first kappa shape index (κ1) is 9.97. The Labute approximate surface area is 88.8 Å². The van der Waals surface area contributed by atoms with Crippen LogP contribution in [-0.4, -0.2) is 4.98 Å². The summed E-state index contributed by atoms with van der Waals surface area (Å²) >= 11 is 0. The van der Waals surface area contributed by atoms with Crippen molar-refractivity contribution in [3.63, 3.8) is 0 Å². The Morgan fingerprint density at radius 2 is 2.47 bits per heavy atom. The number of pyridine rings is 1. The van der Waals surface area contributed by atoms with Crippen LogP contribution in [0.1, 0.15) is 36.6 Å². The minimum absolute atomic E-state index is 0.241. The number of aromatic amines is 1. The number of nitrogens with one attached hydrogen (secondary N) is 1. The van der Waals surface area contributed by atoms with Gasteiger partial charge in [-0.3, -0.25) is 4.79 Å². The molecule has 0 bridgehead atoms. The van der Waals surface area contributed by atoms with Crippen LogP contribution in [0, 0.1) is 17.2 Å². The molecule has 0 radical (unpaired) electrons. The molecule has 1 heterocycles. The zero-order valence-corrected chi connectivity index (χ0v) is 8.84. The number of nitrogens with zero attached hydrogens (tertiary/aromatic N) is 1. The number of aryl methyl sites for hydroxylation is 1. The van der Waals surface area contributed by atoms with Gasteiger partial charge in [0.1, 0.15) is 11.6 Å². The maximum absolute atomic E-state index is 11.4. The van der Waals surface area contributed by atoms with E-state index in [2.05, 4.69) is 11.9 Å². The Morgan fingerprint density at radius 1 is 1.67 bits per heavy atom. The molecule has 78 valence electrons. The van der Waals surface area contributed by atoms with Gasteiger partial charge in [0.15, 0.2) is 0 Å². The van der Waals surface area contributed by atoms with Gasteiger partial charge in [-0.05, 0) is 36.8 Å². The lowest BCUT2D eigenvalue weighted by molar-refractivity contribution is 0.439. The number of rotatable bonds is 1. The summed E-state index contributed by atoms with van der Waals surface area (Å²) < 4.78 is 0. The fraction of sp³-hybridized carbons (Fsp3) is 0.500. The summed E-state index contributed by atoms with van der Waals surface area (Å²) in [6, 6.07) is 3.69. The van der Waals surface area contributed by atoms with Gasteiger partial charge in [-0.1, -0.05) is 13.3 Å². The van der Waals surface area contributed by atoms with Crippen molar-refractivity contribution in [2.75, 3.05) is 0 Å². The van der Waals surface area contributed by atoms with Crippen LogP contribution in [0.2, 0.25) is 0 Å². The van der Waals surface area contributed by atoms with Crippen LogP contribution in [0.4, 0.5) is 0 Å². The summed E-state index contributed by atoms with van der Waals surface area (Å²) in [5.74, 6) is 0.704. The average Bonchev–Trinajstić information content (AvgIpc) is 2.27. The van der Waals surface area contributed by atoms with Gasteiger partial charge in [-0.25, -0.2) is 0 Å². The van der Waals surface area contributed by atoms with E-state index in [-0.39, 0.29) is 11.1 Å². The molecule has 0 saturated carbocycles. The van der Waals surface area contributed by atoms with E-state index >= 15 is 0 Å². The van der Waals surface area contributed by atoms with E-state index in [9.17, 15) is 4.79 Å². The van der Waals surface area contributed by atoms with Gasteiger partial charge in [-0.2, -0.15) is 5.26 Å². The van der Waals surface area contributed by atoms with Crippen LogP contribution in [0.25, 0.3) is 0 Å². The van der Waals surface area contributed by atoms with Gasteiger partial charge in [0.25, 0.3) is 5.56 Å². The van der Waals surface area contributed by atoms with E-state index in [1.165, 1.54) is 6.42 Å². The van der Waals surface area contributed by atoms with Crippen molar-refractivity contribution in [2.24, 2.45) is 5.92 Å². The van der Waals surface area contributed by atoms with Crippen molar-refractivity contribution in [1.82, 2.24) is 4.98 Å². The molecule has 0 saturated heterocycles. The molecule has 2 rings (SSSR count). The molecule has 1 aromatic rings. The highest BCUT2D eigenvalue weighted by molar-refractivity contribution is 5.34. The third-order valence-electron chi connectivity index (χ3n) is 3.22. The third-order valence-corrected chi connectivity index (χ3v) is 3.22. The van der Waals surface area contributed by atoms with E-state index in [4.69, 9.17) is 5.26 Å². The molecule has 1 aliphatic rings. The number of hydrogen-bond donors (Lipinski definition) is 1. The maximum Gasteiger partial charge on any atom is 0.266 e. The van der Waals surface area contributed by atoms with E-state index in [1.54, 1.807) is 6.07 Å². The van der Waals surface area contributed by atoms with Gasteiger partial charge >= 0.3 is 0 Å². The third kappa shape index (κ3) is 1.80. The van der Waals surface area contributed by atoms with E-state index < -0.39 is 0 Å². The van der Waals surface area contributed by atoms with Crippen molar-refractivity contribution in [3.05, 3.63) is 33.2 Å². The highest BCUT2D eigenvalue weighted by Crippen LogP contribution is 2.25. The molecule has 1 aliphatic carbocycles. The van der Waals surface area contributed by atoms with Gasteiger partial charge in [-0.15, -0.1) is 0 Å². The Hall–Kier alpha value is -1.56. The lowest BCUT2D eigenvalue weighted by Gasteiger charge is -2.22. The van der Waals surface area contributed by atoms with Crippen molar-refractivity contribution in [2.45, 2.75) is 32.6 Å². The molecular weight excluding hydrogens is 188 g/mol. The predicted octanol–water partition coefficient (Wildman–Crippen LogP) is 1.76. The van der Waals surface area contributed by atoms with E-state index in [0.29, 0.717) is 5.92 Å². The number of H-pyrrole nitrogens is 1. The zero-order valence-electron chi connectivity index (χ0n) is 8.84. The molecule has 1 N–H and O–H groups in total. The lowest BCUT2D eigenvalue weighted by atomic mass is 9.85. The first-order valence-corrected chi connectivity index (χ1v) is 5.39. The number of fused-ring (bicyclic) bond motifs is 1. The maximum atomic E-state index is 11.4. The molecule has 1 atom stereocenters.